The molecule has 0 saturated heterocycles. The lowest BCUT2D eigenvalue weighted by atomic mass is 10.0. The van der Waals surface area contributed by atoms with Gasteiger partial charge in [-0.05, 0) is 44.0 Å². The summed E-state index contributed by atoms with van der Waals surface area (Å²) in [5.74, 6) is -0.289. The molecule has 0 radical (unpaired) electrons. The molecule has 0 aliphatic heterocycles. The summed E-state index contributed by atoms with van der Waals surface area (Å²) in [7, 11) is 0. The average Bonchev–Trinajstić information content (AvgIpc) is 2.60. The number of hydrogen-bond donors (Lipinski definition) is 2. The molecule has 0 aliphatic carbocycles. The molecule has 0 aromatic heterocycles. The molecule has 1 aromatic carbocycles. The number of nitrogens with two attached hydrogens (primary N) is 1. The molecule has 142 valence electrons. The summed E-state index contributed by atoms with van der Waals surface area (Å²) >= 11 is 0. The van der Waals surface area contributed by atoms with Gasteiger partial charge in [-0.2, -0.15) is 0 Å². The zero-order valence-corrected chi connectivity index (χ0v) is 16.2. The van der Waals surface area contributed by atoms with Gasteiger partial charge in [-0.15, -0.1) is 0 Å². The molecule has 0 heterocycles. The summed E-state index contributed by atoms with van der Waals surface area (Å²) in [4.78, 5) is 12.1. The fraction of sp³-hybridized carbons (Fsp3) is 0.667. The Kier molecular flexibility index (Phi) is 11.0. The smallest absolute Gasteiger partial charge is 0.338 e. The Morgan fingerprint density at radius 3 is 2.12 bits per heavy atom. The molecular formula is C21H36N2O2. The fourth-order valence-electron chi connectivity index (χ4n) is 2.87. The van der Waals surface area contributed by atoms with Gasteiger partial charge in [0.1, 0.15) is 6.10 Å². The number of hydrogen-bond acceptors (Lipinski definition) is 4. The molecule has 0 spiro atoms. The van der Waals surface area contributed by atoms with E-state index >= 15 is 0 Å². The first-order valence-corrected chi connectivity index (χ1v) is 9.86. The Hall–Kier alpha value is -1.55. The summed E-state index contributed by atoms with van der Waals surface area (Å²) < 4.78 is 5.54. The van der Waals surface area contributed by atoms with Gasteiger partial charge in [-0.1, -0.05) is 52.4 Å². The number of ether oxygens (including phenoxy) is 1. The number of nitrogen functional groups attached to an aromatic ring is 1. The molecule has 3 N–H and O–H groups in total. The highest BCUT2D eigenvalue weighted by Gasteiger charge is 2.14. The van der Waals surface area contributed by atoms with E-state index in [-0.39, 0.29) is 12.1 Å². The van der Waals surface area contributed by atoms with Crippen LogP contribution in [-0.4, -0.2) is 24.7 Å². The number of anilines is 1. The van der Waals surface area contributed by atoms with E-state index in [1.807, 2.05) is 6.92 Å². The monoisotopic (exact) mass is 348 g/mol. The van der Waals surface area contributed by atoms with Gasteiger partial charge >= 0.3 is 5.97 Å². The lowest BCUT2D eigenvalue weighted by Crippen LogP contribution is -2.36. The van der Waals surface area contributed by atoms with Crippen molar-refractivity contribution in [3.05, 3.63) is 29.8 Å². The van der Waals surface area contributed by atoms with Crippen LogP contribution in [0.3, 0.4) is 0 Å². The first-order valence-electron chi connectivity index (χ1n) is 9.86. The Morgan fingerprint density at radius 1 is 1.04 bits per heavy atom. The summed E-state index contributed by atoms with van der Waals surface area (Å²) in [6.45, 7) is 7.11. The van der Waals surface area contributed by atoms with Crippen LogP contribution in [0.5, 0.6) is 0 Å². The lowest BCUT2D eigenvalue weighted by molar-refractivity contribution is 0.0335. The number of benzene rings is 1. The van der Waals surface area contributed by atoms with E-state index in [0.29, 0.717) is 23.8 Å². The summed E-state index contributed by atoms with van der Waals surface area (Å²) in [6, 6.07) is 7.37. The van der Waals surface area contributed by atoms with Crippen LogP contribution in [0.4, 0.5) is 5.69 Å². The Balaban J connectivity index is 2.39. The number of nitrogens with one attached hydrogen (secondary N) is 1. The molecule has 1 aromatic rings. The fourth-order valence-corrected chi connectivity index (χ4v) is 2.87. The van der Waals surface area contributed by atoms with Crippen LogP contribution >= 0.6 is 0 Å². The van der Waals surface area contributed by atoms with Crippen LogP contribution in [0.15, 0.2) is 24.3 Å². The number of esters is 1. The van der Waals surface area contributed by atoms with E-state index in [1.54, 1.807) is 24.3 Å². The van der Waals surface area contributed by atoms with Gasteiger partial charge < -0.3 is 15.8 Å². The van der Waals surface area contributed by atoms with Crippen molar-refractivity contribution in [1.29, 1.82) is 0 Å². The van der Waals surface area contributed by atoms with Gasteiger partial charge in [0.2, 0.25) is 0 Å². The molecule has 0 unspecified atom stereocenters. The molecular weight excluding hydrogens is 312 g/mol. The minimum atomic E-state index is -0.289. The molecule has 0 amide bonds. The standard InChI is InChI=1S/C21H36N2O2/c1-4-6-8-10-20(11-9-7-5-2)23-16-17(3)25-21(24)18-12-14-19(22)15-13-18/h12-15,17,20,23H,4-11,16,22H2,1-3H3/t17-/m0/s1. The quantitative estimate of drug-likeness (QED) is 0.301. The zero-order chi connectivity index (χ0) is 18.5. The summed E-state index contributed by atoms with van der Waals surface area (Å²) in [6.07, 6.45) is 9.85. The minimum Gasteiger partial charge on any atom is -0.458 e. The normalized spacial score (nSPS) is 12.3. The van der Waals surface area contributed by atoms with Crippen molar-refractivity contribution < 1.29 is 9.53 Å². The van der Waals surface area contributed by atoms with Crippen LogP contribution in [0, 0.1) is 0 Å². The van der Waals surface area contributed by atoms with E-state index < -0.39 is 0 Å². The summed E-state index contributed by atoms with van der Waals surface area (Å²) in [5.41, 5.74) is 6.84. The maximum Gasteiger partial charge on any atom is 0.338 e. The third-order valence-electron chi connectivity index (χ3n) is 4.46. The molecule has 0 fully saturated rings. The second-order valence-electron chi connectivity index (χ2n) is 6.93. The van der Waals surface area contributed by atoms with Crippen molar-refractivity contribution in [2.24, 2.45) is 0 Å². The molecule has 4 heteroatoms. The van der Waals surface area contributed by atoms with Crippen LogP contribution < -0.4 is 11.1 Å². The van der Waals surface area contributed by atoms with E-state index in [4.69, 9.17) is 10.5 Å². The lowest BCUT2D eigenvalue weighted by Gasteiger charge is -2.21. The van der Waals surface area contributed by atoms with E-state index in [1.165, 1.54) is 51.4 Å². The minimum absolute atomic E-state index is 0.148. The molecule has 4 nitrogen and oxygen atoms in total. The van der Waals surface area contributed by atoms with Crippen molar-refractivity contribution in [3.63, 3.8) is 0 Å². The average molecular weight is 349 g/mol. The van der Waals surface area contributed by atoms with Crippen molar-refractivity contribution >= 4 is 11.7 Å². The topological polar surface area (TPSA) is 64.3 Å². The van der Waals surface area contributed by atoms with Crippen LogP contribution in [0.25, 0.3) is 0 Å². The zero-order valence-electron chi connectivity index (χ0n) is 16.2. The predicted octanol–water partition coefficient (Wildman–Crippen LogP) is 4.93. The Labute approximate surface area is 153 Å². The number of carbonyl (C=O) groups is 1. The highest BCUT2D eigenvalue weighted by Crippen LogP contribution is 2.12. The Morgan fingerprint density at radius 2 is 1.60 bits per heavy atom. The molecule has 0 bridgehead atoms. The summed E-state index contributed by atoms with van der Waals surface area (Å²) in [5, 5.41) is 3.61. The van der Waals surface area contributed by atoms with Crippen molar-refractivity contribution in [1.82, 2.24) is 5.32 Å². The van der Waals surface area contributed by atoms with Crippen molar-refractivity contribution in [3.8, 4) is 0 Å². The van der Waals surface area contributed by atoms with Crippen LogP contribution in [-0.2, 0) is 4.74 Å². The third kappa shape index (κ3) is 9.49. The molecule has 1 rings (SSSR count). The number of carbonyl (C=O) groups excluding carboxylic acids is 1. The second kappa shape index (κ2) is 12.8. The molecule has 1 atom stereocenters. The first kappa shape index (κ1) is 21.5. The van der Waals surface area contributed by atoms with E-state index in [9.17, 15) is 4.79 Å². The van der Waals surface area contributed by atoms with Gasteiger partial charge in [0, 0.05) is 18.3 Å². The molecule has 25 heavy (non-hydrogen) atoms. The van der Waals surface area contributed by atoms with Gasteiger partial charge in [0.05, 0.1) is 5.56 Å². The highest BCUT2D eigenvalue weighted by atomic mass is 16.5. The predicted molar refractivity (Wildman–Crippen MR) is 106 cm³/mol. The molecule has 0 aliphatic rings. The number of rotatable bonds is 13. The van der Waals surface area contributed by atoms with Gasteiger partial charge in [-0.3, -0.25) is 0 Å². The highest BCUT2D eigenvalue weighted by molar-refractivity contribution is 5.89. The van der Waals surface area contributed by atoms with Gasteiger partial charge in [-0.25, -0.2) is 4.79 Å². The number of unbranched alkanes of at least 4 members (excludes halogenated alkanes) is 4. The Bertz CT molecular complexity index is 463. The van der Waals surface area contributed by atoms with Crippen molar-refractivity contribution in [2.45, 2.75) is 84.3 Å². The van der Waals surface area contributed by atoms with Crippen molar-refractivity contribution in [2.75, 3.05) is 12.3 Å². The SMILES string of the molecule is CCCCCC(CCCCC)NC[C@H](C)OC(=O)c1ccc(N)cc1. The van der Waals surface area contributed by atoms with E-state index in [2.05, 4.69) is 19.2 Å². The maximum atomic E-state index is 12.1. The van der Waals surface area contributed by atoms with Crippen LogP contribution in [0.1, 0.15) is 82.5 Å². The van der Waals surface area contributed by atoms with Gasteiger partial charge in [0.25, 0.3) is 0 Å². The largest absolute Gasteiger partial charge is 0.458 e. The second-order valence-corrected chi connectivity index (χ2v) is 6.93. The molecule has 0 saturated carbocycles. The first-order chi connectivity index (χ1) is 12.1. The van der Waals surface area contributed by atoms with E-state index in [0.717, 1.165) is 0 Å². The van der Waals surface area contributed by atoms with Crippen LogP contribution in [0.2, 0.25) is 0 Å². The maximum absolute atomic E-state index is 12.1. The van der Waals surface area contributed by atoms with Gasteiger partial charge in [0.15, 0.2) is 0 Å². The third-order valence-corrected chi connectivity index (χ3v) is 4.46.